The number of thioether (sulfide) groups is 1. The zero-order valence-corrected chi connectivity index (χ0v) is 7.82. The van der Waals surface area contributed by atoms with Crippen molar-refractivity contribution in [1.82, 2.24) is 0 Å². The Bertz CT molecular complexity index is 99.0. The van der Waals surface area contributed by atoms with Gasteiger partial charge in [-0.25, -0.2) is 0 Å². The van der Waals surface area contributed by atoms with Crippen molar-refractivity contribution in [3.8, 4) is 0 Å². The molecule has 0 aromatic heterocycles. The van der Waals surface area contributed by atoms with Gasteiger partial charge in [-0.15, -0.1) is 0 Å². The van der Waals surface area contributed by atoms with Crippen LogP contribution in [0.5, 0.6) is 0 Å². The molecule has 0 aliphatic carbocycles. The summed E-state index contributed by atoms with van der Waals surface area (Å²) in [6.07, 6.45) is 2.77. The maximum atomic E-state index is 10.5. The molecule has 4 heteroatoms. The van der Waals surface area contributed by atoms with E-state index in [0.29, 0.717) is 0 Å². The first kappa shape index (κ1) is 9.50. The van der Waals surface area contributed by atoms with Crippen LogP contribution in [-0.4, -0.2) is 38.7 Å². The summed E-state index contributed by atoms with van der Waals surface area (Å²) >= 11 is 4.08. The fraction of sp³-hybridized carbons (Fsp3) is 0.800. The molecule has 0 aromatic rings. The Kier molecular flexibility index (Phi) is 5.59. The van der Waals surface area contributed by atoms with Gasteiger partial charge in [0.05, 0.1) is 0 Å². The second-order valence-corrected chi connectivity index (χ2v) is 3.54. The maximum absolute atomic E-state index is 10.5. The number of hydrogen-bond donors (Lipinski definition) is 1. The summed E-state index contributed by atoms with van der Waals surface area (Å²) in [7, 11) is 0. The van der Waals surface area contributed by atoms with Crippen LogP contribution in [0, 0.1) is 0 Å². The van der Waals surface area contributed by atoms with Crippen LogP contribution in [0.25, 0.3) is 0 Å². The van der Waals surface area contributed by atoms with Gasteiger partial charge in [-0.1, -0.05) is 0 Å². The molecule has 0 saturated heterocycles. The molecule has 0 bridgehead atoms. The fourth-order valence-electron chi connectivity index (χ4n) is 0.363. The Hall–Kier alpha value is 0.499. The van der Waals surface area contributed by atoms with E-state index in [0.717, 1.165) is 12.2 Å². The number of hydrogen-bond acceptors (Lipinski definition) is 3. The molecule has 1 atom stereocenters. The van der Waals surface area contributed by atoms with E-state index in [9.17, 15) is 4.79 Å². The van der Waals surface area contributed by atoms with Crippen molar-refractivity contribution in [1.29, 1.82) is 0 Å². The number of carbonyl (C=O) groups is 1. The summed E-state index contributed by atoms with van der Waals surface area (Å²) in [5.41, 5.74) is 5.41. The molecule has 1 unspecified atom stereocenters. The third-order valence-electron chi connectivity index (χ3n) is 0.936. The topological polar surface area (TPSA) is 43.1 Å². The van der Waals surface area contributed by atoms with Crippen molar-refractivity contribution in [3.05, 3.63) is 0 Å². The molecule has 1 radical (unpaired) electrons. The van der Waals surface area contributed by atoms with E-state index in [1.807, 2.05) is 6.26 Å². The van der Waals surface area contributed by atoms with E-state index in [2.05, 4.69) is 16.0 Å². The van der Waals surface area contributed by atoms with Crippen LogP contribution in [0.15, 0.2) is 0 Å². The van der Waals surface area contributed by atoms with Crippen molar-refractivity contribution >= 4 is 32.5 Å². The van der Waals surface area contributed by atoms with Crippen molar-refractivity contribution < 1.29 is 4.79 Å². The zero-order chi connectivity index (χ0) is 7.28. The van der Waals surface area contributed by atoms with Gasteiger partial charge in [0.1, 0.15) is 0 Å². The molecule has 0 fully saturated rings. The van der Waals surface area contributed by atoms with Crippen LogP contribution in [0.3, 0.4) is 0 Å². The molecule has 0 aliphatic rings. The summed E-state index contributed by atoms with van der Waals surface area (Å²) in [4.78, 5) is 10.5. The van der Waals surface area contributed by atoms with Gasteiger partial charge in [-0.3, -0.25) is 0 Å². The average Bonchev–Trinajstić information content (AvgIpc) is 1.82. The molecule has 9 heavy (non-hydrogen) atoms. The summed E-state index contributed by atoms with van der Waals surface area (Å²) in [5.74, 6) is 0.953. The Morgan fingerprint density at radius 2 is 2.44 bits per heavy atom. The van der Waals surface area contributed by atoms with Gasteiger partial charge in [0.2, 0.25) is 0 Å². The van der Waals surface area contributed by atoms with Gasteiger partial charge < -0.3 is 0 Å². The second-order valence-electron chi connectivity index (χ2n) is 1.71. The van der Waals surface area contributed by atoms with E-state index < -0.39 is 0 Å². The van der Waals surface area contributed by atoms with Crippen molar-refractivity contribution in [2.75, 3.05) is 12.0 Å². The molecule has 0 aromatic carbocycles. The molecular formula is C5H10NOSSe. The summed E-state index contributed by atoms with van der Waals surface area (Å²) < 4.78 is -0.0379. The standard InChI is InChI=1S/C5H10NOSSe/c1-8-3-2-4(6)5(7)9/h4H,2-3,6H2,1H3. The monoisotopic (exact) mass is 212 g/mol. The number of carbonyl (C=O) groups excluding carboxylic acids is 1. The molecular weight excluding hydrogens is 201 g/mol. The first-order valence-electron chi connectivity index (χ1n) is 2.64. The van der Waals surface area contributed by atoms with Crippen LogP contribution < -0.4 is 5.73 Å². The quantitative estimate of drug-likeness (QED) is 0.653. The second kappa shape index (κ2) is 5.30. The minimum atomic E-state index is -0.294. The Balaban J connectivity index is 3.27. The third kappa shape index (κ3) is 4.97. The Labute approximate surface area is 67.8 Å². The molecule has 0 aliphatic heterocycles. The molecule has 0 rings (SSSR count). The zero-order valence-electron chi connectivity index (χ0n) is 5.29. The molecule has 0 saturated carbocycles. The van der Waals surface area contributed by atoms with Gasteiger partial charge in [0.15, 0.2) is 0 Å². The molecule has 0 heterocycles. The molecule has 0 amide bonds. The van der Waals surface area contributed by atoms with Crippen LogP contribution >= 0.6 is 11.8 Å². The number of rotatable bonds is 4. The predicted molar refractivity (Wildman–Crippen MR) is 41.7 cm³/mol. The Morgan fingerprint density at radius 3 is 2.78 bits per heavy atom. The third-order valence-corrected chi connectivity index (χ3v) is 2.21. The fourth-order valence-corrected chi connectivity index (χ4v) is 1.10. The van der Waals surface area contributed by atoms with Crippen molar-refractivity contribution in [2.24, 2.45) is 5.73 Å². The molecule has 2 nitrogen and oxygen atoms in total. The SMILES string of the molecule is CSCCC(N)C(=O)[Se]. The normalized spacial score (nSPS) is 13.1. The average molecular weight is 211 g/mol. The summed E-state index contributed by atoms with van der Waals surface area (Å²) in [6.45, 7) is 0. The van der Waals surface area contributed by atoms with E-state index in [1.165, 1.54) is 0 Å². The van der Waals surface area contributed by atoms with Gasteiger partial charge >= 0.3 is 67.5 Å². The van der Waals surface area contributed by atoms with E-state index >= 15 is 0 Å². The van der Waals surface area contributed by atoms with Gasteiger partial charge in [-0.05, 0) is 0 Å². The first-order chi connectivity index (χ1) is 4.18. The minimum absolute atomic E-state index is 0.0379. The first-order valence-corrected chi connectivity index (χ1v) is 4.89. The van der Waals surface area contributed by atoms with Crippen LogP contribution in [0.4, 0.5) is 0 Å². The van der Waals surface area contributed by atoms with Crippen LogP contribution in [-0.2, 0) is 4.79 Å². The Morgan fingerprint density at radius 1 is 1.89 bits per heavy atom. The van der Waals surface area contributed by atoms with Gasteiger partial charge in [0.25, 0.3) is 0 Å². The van der Waals surface area contributed by atoms with Crippen LogP contribution in [0.1, 0.15) is 6.42 Å². The van der Waals surface area contributed by atoms with E-state index in [1.54, 1.807) is 11.8 Å². The summed E-state index contributed by atoms with van der Waals surface area (Å²) in [6, 6.07) is -0.294. The van der Waals surface area contributed by atoms with E-state index in [-0.39, 0.29) is 10.7 Å². The molecule has 0 spiro atoms. The summed E-state index contributed by atoms with van der Waals surface area (Å²) in [5, 5.41) is 0. The van der Waals surface area contributed by atoms with Crippen molar-refractivity contribution in [2.45, 2.75) is 12.5 Å². The van der Waals surface area contributed by atoms with E-state index in [4.69, 9.17) is 5.73 Å². The number of nitrogens with two attached hydrogens (primary N) is 1. The van der Waals surface area contributed by atoms with Crippen molar-refractivity contribution in [3.63, 3.8) is 0 Å². The molecule has 53 valence electrons. The van der Waals surface area contributed by atoms with Crippen LogP contribution in [0.2, 0.25) is 0 Å². The molecule has 2 N–H and O–H groups in total. The van der Waals surface area contributed by atoms with Gasteiger partial charge in [0, 0.05) is 0 Å². The van der Waals surface area contributed by atoms with Gasteiger partial charge in [-0.2, -0.15) is 0 Å². The predicted octanol–water partition coefficient (Wildman–Crippen LogP) is -0.238.